The van der Waals surface area contributed by atoms with Crippen LogP contribution in [0.1, 0.15) is 32.4 Å². The van der Waals surface area contributed by atoms with Crippen LogP contribution in [0.5, 0.6) is 5.88 Å². The van der Waals surface area contributed by atoms with E-state index in [0.29, 0.717) is 5.88 Å². The van der Waals surface area contributed by atoms with E-state index < -0.39 is 0 Å². The fraction of sp³-hybridized carbons (Fsp3) is 0.357. The molecule has 19 heavy (non-hydrogen) atoms. The lowest BCUT2D eigenvalue weighted by atomic mass is 10.1. The molecule has 2 aromatic rings. The molecule has 2 rings (SSSR count). The summed E-state index contributed by atoms with van der Waals surface area (Å²) in [5.41, 5.74) is 1.15. The highest BCUT2D eigenvalue weighted by atomic mass is 16.5. The third kappa shape index (κ3) is 3.91. The smallest absolute Gasteiger partial charge is 0.218 e. The van der Waals surface area contributed by atoms with Crippen LogP contribution in [0.25, 0.3) is 0 Å². The van der Waals surface area contributed by atoms with Crippen LogP contribution in [-0.2, 0) is 0 Å². The maximum Gasteiger partial charge on any atom is 0.218 e. The summed E-state index contributed by atoms with van der Waals surface area (Å²) in [6.45, 7) is 6.00. The fourth-order valence-electron chi connectivity index (χ4n) is 1.68. The van der Waals surface area contributed by atoms with E-state index in [1.54, 1.807) is 18.5 Å². The molecule has 5 nitrogen and oxygen atoms in total. The Morgan fingerprint density at radius 3 is 2.53 bits per heavy atom. The monoisotopic (exact) mass is 258 g/mol. The quantitative estimate of drug-likeness (QED) is 0.893. The molecule has 2 heterocycles. The highest BCUT2D eigenvalue weighted by Crippen LogP contribution is 2.19. The molecule has 1 atom stereocenters. The summed E-state index contributed by atoms with van der Waals surface area (Å²) in [6, 6.07) is 5.90. The van der Waals surface area contributed by atoms with E-state index in [9.17, 15) is 0 Å². The van der Waals surface area contributed by atoms with Crippen LogP contribution < -0.4 is 10.1 Å². The lowest BCUT2D eigenvalue weighted by Gasteiger charge is -2.15. The number of hydrogen-bond acceptors (Lipinski definition) is 5. The molecule has 0 aliphatic heterocycles. The molecule has 0 bridgehead atoms. The van der Waals surface area contributed by atoms with Crippen molar-refractivity contribution in [3.63, 3.8) is 0 Å². The summed E-state index contributed by atoms with van der Waals surface area (Å²) in [6.07, 6.45) is 5.15. The van der Waals surface area contributed by atoms with E-state index in [-0.39, 0.29) is 12.1 Å². The molecular weight excluding hydrogens is 240 g/mol. The Morgan fingerprint density at radius 1 is 1.11 bits per heavy atom. The van der Waals surface area contributed by atoms with Gasteiger partial charge in [0.25, 0.3) is 0 Å². The SMILES string of the molecule is CC(C)Oc1cc(NC(C)c2ccncc2)ncn1. The predicted octanol–water partition coefficient (Wildman–Crippen LogP) is 2.83. The number of anilines is 1. The zero-order valence-corrected chi connectivity index (χ0v) is 11.4. The van der Waals surface area contributed by atoms with E-state index >= 15 is 0 Å². The van der Waals surface area contributed by atoms with Gasteiger partial charge in [-0.15, -0.1) is 0 Å². The zero-order valence-electron chi connectivity index (χ0n) is 11.4. The van der Waals surface area contributed by atoms with Crippen LogP contribution in [0.2, 0.25) is 0 Å². The van der Waals surface area contributed by atoms with Crippen molar-refractivity contribution in [3.8, 4) is 5.88 Å². The normalized spacial score (nSPS) is 12.2. The first-order valence-corrected chi connectivity index (χ1v) is 6.30. The maximum absolute atomic E-state index is 5.54. The molecule has 1 N–H and O–H groups in total. The lowest BCUT2D eigenvalue weighted by molar-refractivity contribution is 0.232. The topological polar surface area (TPSA) is 59.9 Å². The first-order chi connectivity index (χ1) is 9.15. The van der Waals surface area contributed by atoms with Gasteiger partial charge in [-0.1, -0.05) is 0 Å². The lowest BCUT2D eigenvalue weighted by Crippen LogP contribution is -2.10. The van der Waals surface area contributed by atoms with E-state index in [4.69, 9.17) is 4.74 Å². The number of ether oxygens (including phenoxy) is 1. The minimum absolute atomic E-state index is 0.0976. The van der Waals surface area contributed by atoms with E-state index in [1.807, 2.05) is 26.0 Å². The average molecular weight is 258 g/mol. The van der Waals surface area contributed by atoms with Gasteiger partial charge >= 0.3 is 0 Å². The van der Waals surface area contributed by atoms with Crippen molar-refractivity contribution in [2.45, 2.75) is 32.9 Å². The van der Waals surface area contributed by atoms with Gasteiger partial charge in [-0.05, 0) is 38.5 Å². The number of rotatable bonds is 5. The first kappa shape index (κ1) is 13.3. The fourth-order valence-corrected chi connectivity index (χ4v) is 1.68. The minimum Gasteiger partial charge on any atom is -0.475 e. The van der Waals surface area contributed by atoms with Crippen molar-refractivity contribution in [2.75, 3.05) is 5.32 Å². The summed E-state index contributed by atoms with van der Waals surface area (Å²) >= 11 is 0. The summed E-state index contributed by atoms with van der Waals surface area (Å²) in [7, 11) is 0. The van der Waals surface area contributed by atoms with E-state index in [0.717, 1.165) is 11.4 Å². The summed E-state index contributed by atoms with van der Waals surface area (Å²) < 4.78 is 5.54. The molecule has 0 fully saturated rings. The molecular formula is C14H18N4O. The van der Waals surface area contributed by atoms with Crippen molar-refractivity contribution in [1.82, 2.24) is 15.0 Å². The largest absolute Gasteiger partial charge is 0.475 e. The molecule has 100 valence electrons. The molecule has 0 aliphatic rings. The molecule has 0 aromatic carbocycles. The third-order valence-electron chi connectivity index (χ3n) is 2.57. The van der Waals surface area contributed by atoms with Crippen molar-refractivity contribution in [2.24, 2.45) is 0 Å². The molecule has 2 aromatic heterocycles. The Bertz CT molecular complexity index is 516. The third-order valence-corrected chi connectivity index (χ3v) is 2.57. The highest BCUT2D eigenvalue weighted by Gasteiger charge is 2.07. The van der Waals surface area contributed by atoms with Crippen LogP contribution in [0, 0.1) is 0 Å². The summed E-state index contributed by atoms with van der Waals surface area (Å²) in [5.74, 6) is 1.32. The summed E-state index contributed by atoms with van der Waals surface area (Å²) in [4.78, 5) is 12.3. The number of aromatic nitrogens is 3. The first-order valence-electron chi connectivity index (χ1n) is 6.30. The number of hydrogen-bond donors (Lipinski definition) is 1. The molecule has 0 radical (unpaired) electrons. The molecule has 0 aliphatic carbocycles. The van der Waals surface area contributed by atoms with Gasteiger partial charge in [0, 0.05) is 18.5 Å². The van der Waals surface area contributed by atoms with Crippen molar-refractivity contribution in [1.29, 1.82) is 0 Å². The Morgan fingerprint density at radius 2 is 1.84 bits per heavy atom. The van der Waals surface area contributed by atoms with Gasteiger partial charge in [0.05, 0.1) is 12.1 Å². The standard InChI is InChI=1S/C14H18N4O/c1-10(2)19-14-8-13(16-9-17-14)18-11(3)12-4-6-15-7-5-12/h4-11H,1-3H3,(H,16,17,18). The second-order valence-electron chi connectivity index (χ2n) is 4.55. The highest BCUT2D eigenvalue weighted by molar-refractivity contribution is 5.40. The van der Waals surface area contributed by atoms with Crippen LogP contribution in [0.3, 0.4) is 0 Å². The molecule has 1 unspecified atom stereocenters. The van der Waals surface area contributed by atoms with Crippen LogP contribution >= 0.6 is 0 Å². The van der Waals surface area contributed by atoms with Gasteiger partial charge < -0.3 is 10.1 Å². The number of nitrogens with zero attached hydrogens (tertiary/aromatic N) is 3. The van der Waals surface area contributed by atoms with E-state index in [2.05, 4.69) is 27.2 Å². The Hall–Kier alpha value is -2.17. The van der Waals surface area contributed by atoms with Gasteiger partial charge in [0.1, 0.15) is 12.1 Å². The second-order valence-corrected chi connectivity index (χ2v) is 4.55. The maximum atomic E-state index is 5.54. The van der Waals surface area contributed by atoms with Gasteiger partial charge in [0.15, 0.2) is 0 Å². The van der Waals surface area contributed by atoms with Gasteiger partial charge in [-0.25, -0.2) is 9.97 Å². The van der Waals surface area contributed by atoms with Gasteiger partial charge in [-0.3, -0.25) is 4.98 Å². The molecule has 0 spiro atoms. The Balaban J connectivity index is 2.06. The summed E-state index contributed by atoms with van der Waals surface area (Å²) in [5, 5.41) is 3.31. The van der Waals surface area contributed by atoms with Crippen molar-refractivity contribution in [3.05, 3.63) is 42.5 Å². The van der Waals surface area contributed by atoms with Crippen molar-refractivity contribution >= 4 is 5.82 Å². The number of nitrogens with one attached hydrogen (secondary N) is 1. The van der Waals surface area contributed by atoms with Crippen LogP contribution in [0.15, 0.2) is 36.9 Å². The average Bonchev–Trinajstić information content (AvgIpc) is 2.39. The van der Waals surface area contributed by atoms with Gasteiger partial charge in [-0.2, -0.15) is 0 Å². The molecule has 0 saturated heterocycles. The molecule has 0 saturated carbocycles. The Labute approximate surface area is 113 Å². The van der Waals surface area contributed by atoms with Crippen LogP contribution in [0.4, 0.5) is 5.82 Å². The van der Waals surface area contributed by atoms with E-state index in [1.165, 1.54) is 6.33 Å². The molecule has 5 heteroatoms. The molecule has 0 amide bonds. The van der Waals surface area contributed by atoms with Gasteiger partial charge in [0.2, 0.25) is 5.88 Å². The minimum atomic E-state index is 0.0976. The number of pyridine rings is 1. The zero-order chi connectivity index (χ0) is 13.7. The van der Waals surface area contributed by atoms with Crippen molar-refractivity contribution < 1.29 is 4.74 Å². The second kappa shape index (κ2) is 6.13. The predicted molar refractivity (Wildman–Crippen MR) is 74.1 cm³/mol. The Kier molecular flexibility index (Phi) is 4.28. The van der Waals surface area contributed by atoms with Crippen LogP contribution in [-0.4, -0.2) is 21.1 Å².